The molecule has 5 nitrogen and oxygen atoms in total. The topological polar surface area (TPSA) is 57.7 Å². The minimum atomic E-state index is -3.58. The van der Waals surface area contributed by atoms with Gasteiger partial charge in [-0.3, -0.25) is 9.10 Å². The Bertz CT molecular complexity index is 800. The largest absolute Gasteiger partial charge is 0.339 e. The molecule has 1 atom stereocenters. The fraction of sp³-hybridized carbons (Fsp3) is 0.353. The van der Waals surface area contributed by atoms with Crippen molar-refractivity contribution in [3.8, 4) is 0 Å². The van der Waals surface area contributed by atoms with Gasteiger partial charge >= 0.3 is 0 Å². The number of likely N-dealkylation sites (N-methyl/N-ethyl adjacent to an activating group) is 1. The average Bonchev–Trinajstić information content (AvgIpc) is 2.91. The highest BCUT2D eigenvalue weighted by Gasteiger charge is 2.30. The Balaban J connectivity index is 2.22. The number of para-hydroxylation sites is 1. The molecule has 1 heterocycles. The molecule has 1 aromatic carbocycles. The second kappa shape index (κ2) is 7.36. The standard InChI is InChI=1S/C17H22N2O3S2/c1-13-10-11-16(23-13)12-18(3)17(20)14(2)19(24(4,21)22)15-8-6-5-7-9-15/h5-11,14H,12H2,1-4H3. The predicted molar refractivity (Wildman–Crippen MR) is 98.8 cm³/mol. The summed E-state index contributed by atoms with van der Waals surface area (Å²) in [6, 6.07) is 11.9. The van der Waals surface area contributed by atoms with Crippen LogP contribution in [0.1, 0.15) is 16.7 Å². The van der Waals surface area contributed by atoms with Gasteiger partial charge < -0.3 is 4.90 Å². The molecule has 2 rings (SSSR count). The van der Waals surface area contributed by atoms with Crippen LogP contribution < -0.4 is 4.31 Å². The van der Waals surface area contributed by atoms with E-state index in [1.54, 1.807) is 54.5 Å². The van der Waals surface area contributed by atoms with E-state index in [0.717, 1.165) is 11.1 Å². The van der Waals surface area contributed by atoms with Gasteiger partial charge in [0.05, 0.1) is 18.5 Å². The number of aryl methyl sites for hydroxylation is 1. The molecule has 1 unspecified atom stereocenters. The third-order valence-electron chi connectivity index (χ3n) is 3.64. The van der Waals surface area contributed by atoms with E-state index in [9.17, 15) is 13.2 Å². The molecule has 130 valence electrons. The number of hydrogen-bond donors (Lipinski definition) is 0. The zero-order chi connectivity index (χ0) is 17.9. The van der Waals surface area contributed by atoms with Crippen LogP contribution in [0.15, 0.2) is 42.5 Å². The fourth-order valence-electron chi connectivity index (χ4n) is 2.58. The monoisotopic (exact) mass is 366 g/mol. The Morgan fingerprint density at radius 1 is 1.17 bits per heavy atom. The van der Waals surface area contributed by atoms with Crippen LogP contribution in [0, 0.1) is 6.92 Å². The Hall–Kier alpha value is -1.86. The number of anilines is 1. The molecule has 0 aliphatic heterocycles. The quantitative estimate of drug-likeness (QED) is 0.790. The summed E-state index contributed by atoms with van der Waals surface area (Å²) in [5, 5.41) is 0. The zero-order valence-corrected chi connectivity index (χ0v) is 15.9. The third kappa shape index (κ3) is 4.36. The minimum Gasteiger partial charge on any atom is -0.339 e. The maximum Gasteiger partial charge on any atom is 0.246 e. The molecule has 0 N–H and O–H groups in total. The van der Waals surface area contributed by atoms with Gasteiger partial charge in [-0.25, -0.2) is 8.42 Å². The Kier molecular flexibility index (Phi) is 5.66. The van der Waals surface area contributed by atoms with Crippen molar-refractivity contribution in [3.63, 3.8) is 0 Å². The maximum atomic E-state index is 12.7. The van der Waals surface area contributed by atoms with Crippen molar-refractivity contribution in [1.29, 1.82) is 0 Å². The van der Waals surface area contributed by atoms with E-state index in [1.165, 1.54) is 9.18 Å². The summed E-state index contributed by atoms with van der Waals surface area (Å²) in [5.74, 6) is -0.240. The van der Waals surface area contributed by atoms with Crippen molar-refractivity contribution in [2.75, 3.05) is 17.6 Å². The third-order valence-corrected chi connectivity index (χ3v) is 5.87. The van der Waals surface area contributed by atoms with Crippen molar-refractivity contribution in [3.05, 3.63) is 52.2 Å². The summed E-state index contributed by atoms with van der Waals surface area (Å²) < 4.78 is 25.6. The Labute approximate surface area is 147 Å². The number of thiophene rings is 1. The number of rotatable bonds is 6. The molecular weight excluding hydrogens is 344 g/mol. The van der Waals surface area contributed by atoms with Crippen molar-refractivity contribution in [1.82, 2.24) is 4.90 Å². The van der Waals surface area contributed by atoms with E-state index < -0.39 is 16.1 Å². The van der Waals surface area contributed by atoms with Gasteiger partial charge in [-0.05, 0) is 38.1 Å². The van der Waals surface area contributed by atoms with Crippen molar-refractivity contribution in [2.24, 2.45) is 0 Å². The van der Waals surface area contributed by atoms with Crippen LogP contribution in [-0.2, 0) is 21.4 Å². The summed E-state index contributed by atoms with van der Waals surface area (Å²) in [4.78, 5) is 16.6. The van der Waals surface area contributed by atoms with Crippen LogP contribution in [0.2, 0.25) is 0 Å². The number of carbonyl (C=O) groups excluding carboxylic acids is 1. The molecule has 7 heteroatoms. The van der Waals surface area contributed by atoms with Crippen LogP contribution in [0.4, 0.5) is 5.69 Å². The summed E-state index contributed by atoms with van der Waals surface area (Å²) in [5.41, 5.74) is 0.487. The summed E-state index contributed by atoms with van der Waals surface area (Å²) in [7, 11) is -1.88. The van der Waals surface area contributed by atoms with Gasteiger partial charge in [-0.15, -0.1) is 11.3 Å². The number of sulfonamides is 1. The molecule has 0 aliphatic rings. The molecule has 2 aromatic rings. The lowest BCUT2D eigenvalue weighted by Gasteiger charge is -2.31. The average molecular weight is 367 g/mol. The van der Waals surface area contributed by atoms with Crippen LogP contribution in [0.3, 0.4) is 0 Å². The molecule has 1 aromatic heterocycles. The molecule has 0 bridgehead atoms. The van der Waals surface area contributed by atoms with Crippen molar-refractivity contribution < 1.29 is 13.2 Å². The number of benzene rings is 1. The van der Waals surface area contributed by atoms with Gasteiger partial charge in [-0.2, -0.15) is 0 Å². The van der Waals surface area contributed by atoms with Crippen LogP contribution in [0.25, 0.3) is 0 Å². The first-order chi connectivity index (χ1) is 11.2. The molecule has 0 fully saturated rings. The van der Waals surface area contributed by atoms with E-state index in [0.29, 0.717) is 12.2 Å². The van der Waals surface area contributed by atoms with Gasteiger partial charge in [0.2, 0.25) is 15.9 Å². The summed E-state index contributed by atoms with van der Waals surface area (Å²) in [6.45, 7) is 4.10. The SMILES string of the molecule is Cc1ccc(CN(C)C(=O)C(C)N(c2ccccc2)S(C)(=O)=O)s1. The number of nitrogens with zero attached hydrogens (tertiary/aromatic N) is 2. The van der Waals surface area contributed by atoms with E-state index in [-0.39, 0.29) is 5.91 Å². The molecule has 0 saturated heterocycles. The van der Waals surface area contributed by atoms with Crippen LogP contribution in [0.5, 0.6) is 0 Å². The van der Waals surface area contributed by atoms with Gasteiger partial charge in [-0.1, -0.05) is 18.2 Å². The van der Waals surface area contributed by atoms with Gasteiger partial charge in [0, 0.05) is 16.8 Å². The lowest BCUT2D eigenvalue weighted by molar-refractivity contribution is -0.131. The highest BCUT2D eigenvalue weighted by atomic mass is 32.2. The first kappa shape index (κ1) is 18.5. The molecule has 24 heavy (non-hydrogen) atoms. The lowest BCUT2D eigenvalue weighted by Crippen LogP contribution is -2.48. The number of amides is 1. The van der Waals surface area contributed by atoms with Crippen LogP contribution in [-0.4, -0.2) is 38.6 Å². The first-order valence-corrected chi connectivity index (χ1v) is 10.2. The number of carbonyl (C=O) groups is 1. The van der Waals surface area contributed by atoms with Gasteiger partial charge in [0.25, 0.3) is 0 Å². The minimum absolute atomic E-state index is 0.240. The molecule has 0 radical (unpaired) electrons. The van der Waals surface area contributed by atoms with Gasteiger partial charge in [0.15, 0.2) is 0 Å². The first-order valence-electron chi connectivity index (χ1n) is 7.55. The van der Waals surface area contributed by atoms with Crippen LogP contribution >= 0.6 is 11.3 Å². The van der Waals surface area contributed by atoms with E-state index in [4.69, 9.17) is 0 Å². The highest BCUT2D eigenvalue weighted by Crippen LogP contribution is 2.22. The molecular formula is C17H22N2O3S2. The van der Waals surface area contributed by atoms with E-state index in [2.05, 4.69) is 0 Å². The summed E-state index contributed by atoms with van der Waals surface area (Å²) >= 11 is 1.63. The maximum absolute atomic E-state index is 12.7. The zero-order valence-electron chi connectivity index (χ0n) is 14.3. The molecule has 0 saturated carbocycles. The van der Waals surface area contributed by atoms with Crippen molar-refractivity contribution in [2.45, 2.75) is 26.4 Å². The fourth-order valence-corrected chi connectivity index (χ4v) is 4.69. The van der Waals surface area contributed by atoms with E-state index >= 15 is 0 Å². The van der Waals surface area contributed by atoms with Crippen molar-refractivity contribution >= 4 is 33.0 Å². The van der Waals surface area contributed by atoms with Gasteiger partial charge in [0.1, 0.15) is 6.04 Å². The second-order valence-electron chi connectivity index (χ2n) is 5.78. The molecule has 1 amide bonds. The van der Waals surface area contributed by atoms with E-state index in [1.807, 2.05) is 25.1 Å². The lowest BCUT2D eigenvalue weighted by atomic mass is 10.2. The summed E-state index contributed by atoms with van der Waals surface area (Å²) in [6.07, 6.45) is 1.12. The normalized spacial score (nSPS) is 12.7. The second-order valence-corrected chi connectivity index (χ2v) is 9.01. The molecule has 0 spiro atoms. The highest BCUT2D eigenvalue weighted by molar-refractivity contribution is 7.92. The Morgan fingerprint density at radius 2 is 1.79 bits per heavy atom. The molecule has 0 aliphatic carbocycles. The number of hydrogen-bond acceptors (Lipinski definition) is 4. The smallest absolute Gasteiger partial charge is 0.246 e. The predicted octanol–water partition coefficient (Wildman–Crippen LogP) is 2.87. The Morgan fingerprint density at radius 3 is 2.29 bits per heavy atom.